The second-order valence-electron chi connectivity index (χ2n) is 3.56. The van der Waals surface area contributed by atoms with Gasteiger partial charge < -0.3 is 0 Å². The normalized spacial score (nSPS) is 10.4. The van der Waals surface area contributed by atoms with E-state index in [4.69, 9.17) is 6.57 Å². The van der Waals surface area contributed by atoms with E-state index in [1.807, 2.05) is 60.7 Å². The molecule has 0 atom stereocenters. The van der Waals surface area contributed by atoms with Gasteiger partial charge in [0.05, 0.1) is 6.57 Å². The Bertz CT molecular complexity index is 580. The summed E-state index contributed by atoms with van der Waals surface area (Å²) in [5.41, 5.74) is 2.72. The Morgan fingerprint density at radius 2 is 1.76 bits per heavy atom. The molecule has 0 fully saturated rings. The van der Waals surface area contributed by atoms with E-state index < -0.39 is 0 Å². The second-order valence-corrected chi connectivity index (χ2v) is 4.47. The molecule has 0 aliphatic heterocycles. The van der Waals surface area contributed by atoms with Crippen LogP contribution in [0.15, 0.2) is 53.0 Å². The first-order valence-electron chi connectivity index (χ1n) is 5.20. The van der Waals surface area contributed by atoms with Crippen molar-refractivity contribution in [2.75, 3.05) is 0 Å². The lowest BCUT2D eigenvalue weighted by Crippen LogP contribution is -1.74. The molecule has 0 unspecified atom stereocenters. The minimum absolute atomic E-state index is 0.667. The Morgan fingerprint density at radius 3 is 2.47 bits per heavy atom. The molecule has 0 radical (unpaired) electrons. The highest BCUT2D eigenvalue weighted by Crippen LogP contribution is 2.25. The van der Waals surface area contributed by atoms with Crippen molar-refractivity contribution in [3.8, 4) is 0 Å². The molecule has 1 nitrogen and oxygen atoms in total. The van der Waals surface area contributed by atoms with Gasteiger partial charge in [-0.15, -0.1) is 0 Å². The van der Waals surface area contributed by atoms with E-state index in [2.05, 4.69) is 20.8 Å². The first kappa shape index (κ1) is 11.6. The average molecular weight is 284 g/mol. The lowest BCUT2D eigenvalue weighted by atomic mass is 10.1. The van der Waals surface area contributed by atoms with Gasteiger partial charge in [-0.1, -0.05) is 76.6 Å². The first-order chi connectivity index (χ1) is 8.29. The number of nitrogens with zero attached hydrogens (tertiary/aromatic N) is 1. The summed E-state index contributed by atoms with van der Waals surface area (Å²) in [6, 6.07) is 15.7. The highest BCUT2D eigenvalue weighted by molar-refractivity contribution is 9.10. The Hall–Kier alpha value is -1.85. The van der Waals surface area contributed by atoms with Gasteiger partial charge in [-0.25, -0.2) is 4.85 Å². The second kappa shape index (κ2) is 5.47. The molecule has 0 amide bonds. The van der Waals surface area contributed by atoms with Crippen molar-refractivity contribution in [1.29, 1.82) is 0 Å². The minimum Gasteiger partial charge on any atom is -0.238 e. The zero-order chi connectivity index (χ0) is 12.1. The third kappa shape index (κ3) is 3.05. The largest absolute Gasteiger partial charge is 0.238 e. The molecule has 0 aromatic heterocycles. The number of hydrogen-bond donors (Lipinski definition) is 0. The zero-order valence-corrected chi connectivity index (χ0v) is 10.7. The first-order valence-corrected chi connectivity index (χ1v) is 5.99. The van der Waals surface area contributed by atoms with E-state index in [1.165, 1.54) is 0 Å². The topological polar surface area (TPSA) is 4.36 Å². The zero-order valence-electron chi connectivity index (χ0n) is 9.10. The predicted octanol–water partition coefficient (Wildman–Crippen LogP) is 5.17. The molecule has 0 bridgehead atoms. The molecule has 0 heterocycles. The van der Waals surface area contributed by atoms with Crippen molar-refractivity contribution in [2.24, 2.45) is 0 Å². The van der Waals surface area contributed by atoms with Gasteiger partial charge in [-0.3, -0.25) is 0 Å². The molecule has 0 aliphatic carbocycles. The summed E-state index contributed by atoms with van der Waals surface area (Å²) in [5, 5.41) is 0. The molecule has 0 N–H and O–H groups in total. The van der Waals surface area contributed by atoms with Gasteiger partial charge in [0.15, 0.2) is 5.69 Å². The van der Waals surface area contributed by atoms with Gasteiger partial charge in [0, 0.05) is 4.47 Å². The predicted molar refractivity (Wildman–Crippen MR) is 75.8 cm³/mol. The van der Waals surface area contributed by atoms with Crippen LogP contribution in [-0.2, 0) is 0 Å². The summed E-state index contributed by atoms with van der Waals surface area (Å²) in [6.07, 6.45) is 3.98. The molecule has 0 spiro atoms. The van der Waals surface area contributed by atoms with E-state index in [1.54, 1.807) is 0 Å². The molecule has 0 saturated heterocycles. The quantitative estimate of drug-likeness (QED) is 0.529. The van der Waals surface area contributed by atoms with E-state index >= 15 is 0 Å². The fraction of sp³-hybridized carbons (Fsp3) is 0. The van der Waals surface area contributed by atoms with Gasteiger partial charge in [0.2, 0.25) is 0 Å². The number of hydrogen-bond acceptors (Lipinski definition) is 0. The van der Waals surface area contributed by atoms with Crippen LogP contribution in [0.4, 0.5) is 5.69 Å². The summed E-state index contributed by atoms with van der Waals surface area (Å²) >= 11 is 3.41. The molecule has 2 rings (SSSR count). The molecule has 2 aromatic carbocycles. The summed E-state index contributed by atoms with van der Waals surface area (Å²) < 4.78 is 0.984. The molecular formula is C15H10BrN. The number of halogens is 1. The highest BCUT2D eigenvalue weighted by atomic mass is 79.9. The Labute approximate surface area is 109 Å². The molecule has 17 heavy (non-hydrogen) atoms. The van der Waals surface area contributed by atoms with E-state index in [9.17, 15) is 0 Å². The third-order valence-corrected chi connectivity index (χ3v) is 2.86. The molecular weight excluding hydrogens is 274 g/mol. The van der Waals surface area contributed by atoms with Crippen LogP contribution in [0.1, 0.15) is 11.1 Å². The number of benzene rings is 2. The maximum absolute atomic E-state index is 7.11. The number of rotatable bonds is 2. The summed E-state index contributed by atoms with van der Waals surface area (Å²) in [5.74, 6) is 0. The minimum atomic E-state index is 0.667. The van der Waals surface area contributed by atoms with Crippen LogP contribution < -0.4 is 0 Å². The van der Waals surface area contributed by atoms with Crippen molar-refractivity contribution in [2.45, 2.75) is 0 Å². The Kier molecular flexibility index (Phi) is 3.74. The molecule has 2 aromatic rings. The van der Waals surface area contributed by atoms with Crippen molar-refractivity contribution in [3.63, 3.8) is 0 Å². The summed E-state index contributed by atoms with van der Waals surface area (Å²) in [4.78, 5) is 3.50. The van der Waals surface area contributed by atoms with Crippen LogP contribution in [0.5, 0.6) is 0 Å². The smallest absolute Gasteiger partial charge is 0.194 e. The van der Waals surface area contributed by atoms with E-state index in [0.29, 0.717) is 5.69 Å². The molecule has 0 saturated carbocycles. The van der Waals surface area contributed by atoms with Crippen LogP contribution >= 0.6 is 15.9 Å². The highest BCUT2D eigenvalue weighted by Gasteiger charge is 1.99. The van der Waals surface area contributed by atoms with E-state index in [-0.39, 0.29) is 0 Å². The lowest BCUT2D eigenvalue weighted by molar-refractivity contribution is 1.62. The SMILES string of the molecule is [C-]#[N+]c1ccc(Br)cc1/C=C/c1ccccc1. The van der Waals surface area contributed by atoms with Gasteiger partial charge >= 0.3 is 0 Å². The fourth-order valence-electron chi connectivity index (χ4n) is 1.51. The Morgan fingerprint density at radius 1 is 1.00 bits per heavy atom. The van der Waals surface area contributed by atoms with Crippen molar-refractivity contribution in [1.82, 2.24) is 0 Å². The van der Waals surface area contributed by atoms with Crippen LogP contribution in [0.3, 0.4) is 0 Å². The van der Waals surface area contributed by atoms with Crippen molar-refractivity contribution >= 4 is 33.8 Å². The molecule has 2 heteroatoms. The maximum atomic E-state index is 7.11. The van der Waals surface area contributed by atoms with Crippen molar-refractivity contribution < 1.29 is 0 Å². The van der Waals surface area contributed by atoms with Crippen molar-refractivity contribution in [3.05, 3.63) is 75.5 Å². The van der Waals surface area contributed by atoms with Gasteiger partial charge in [-0.2, -0.15) is 0 Å². The van der Waals surface area contributed by atoms with Gasteiger partial charge in [-0.05, 0) is 11.1 Å². The molecule has 82 valence electrons. The third-order valence-electron chi connectivity index (χ3n) is 2.36. The maximum Gasteiger partial charge on any atom is 0.194 e. The van der Waals surface area contributed by atoms with Crippen LogP contribution in [0.25, 0.3) is 17.0 Å². The standard InChI is InChI=1S/C15H10BrN/c1-17-15-10-9-14(16)11-13(15)8-7-12-5-3-2-4-6-12/h2-11H/b8-7+. The lowest BCUT2D eigenvalue weighted by Gasteiger charge is -1.99. The average Bonchev–Trinajstić information content (AvgIpc) is 2.38. The summed E-state index contributed by atoms with van der Waals surface area (Å²) in [6.45, 7) is 7.11. The van der Waals surface area contributed by atoms with Crippen LogP contribution in [0, 0.1) is 6.57 Å². The molecule has 0 aliphatic rings. The van der Waals surface area contributed by atoms with Crippen LogP contribution in [0.2, 0.25) is 0 Å². The van der Waals surface area contributed by atoms with Gasteiger partial charge in [0.1, 0.15) is 0 Å². The Balaban J connectivity index is 2.33. The van der Waals surface area contributed by atoms with Gasteiger partial charge in [0.25, 0.3) is 0 Å². The van der Waals surface area contributed by atoms with Crippen LogP contribution in [-0.4, -0.2) is 0 Å². The monoisotopic (exact) mass is 283 g/mol. The summed E-state index contributed by atoms with van der Waals surface area (Å²) in [7, 11) is 0. The fourth-order valence-corrected chi connectivity index (χ4v) is 1.89. The van der Waals surface area contributed by atoms with E-state index in [0.717, 1.165) is 15.6 Å².